The summed E-state index contributed by atoms with van der Waals surface area (Å²) in [6, 6.07) is 17.0. The quantitative estimate of drug-likeness (QED) is 0.523. The molecule has 0 aromatic heterocycles. The summed E-state index contributed by atoms with van der Waals surface area (Å²) in [5.74, 6) is 0.317. The SMILES string of the molecule is CCOc1ccc(NC(=O)[C@@H](CN(C)C)/C(C)=N\Nc2ccccc2)cc1. The van der Waals surface area contributed by atoms with Crippen LogP contribution in [0.4, 0.5) is 11.4 Å². The summed E-state index contributed by atoms with van der Waals surface area (Å²) in [6.07, 6.45) is 0. The lowest BCUT2D eigenvalue weighted by Gasteiger charge is -2.20. The summed E-state index contributed by atoms with van der Waals surface area (Å²) < 4.78 is 5.43. The van der Waals surface area contributed by atoms with Crippen molar-refractivity contribution in [2.24, 2.45) is 11.0 Å². The van der Waals surface area contributed by atoms with Crippen molar-refractivity contribution in [3.05, 3.63) is 54.6 Å². The number of rotatable bonds is 9. The van der Waals surface area contributed by atoms with Crippen LogP contribution in [0.25, 0.3) is 0 Å². The van der Waals surface area contributed by atoms with Crippen LogP contribution in [-0.2, 0) is 4.79 Å². The molecule has 6 heteroatoms. The Morgan fingerprint density at radius 1 is 1.07 bits per heavy atom. The van der Waals surface area contributed by atoms with Crippen molar-refractivity contribution in [3.8, 4) is 5.75 Å². The Balaban J connectivity index is 2.08. The van der Waals surface area contributed by atoms with Crippen LogP contribution in [0, 0.1) is 5.92 Å². The molecule has 0 fully saturated rings. The van der Waals surface area contributed by atoms with Crippen LogP contribution in [-0.4, -0.2) is 43.8 Å². The van der Waals surface area contributed by atoms with Crippen LogP contribution in [0.1, 0.15) is 13.8 Å². The highest BCUT2D eigenvalue weighted by molar-refractivity contribution is 6.08. The number of ether oxygens (including phenoxy) is 1. The first-order valence-corrected chi connectivity index (χ1v) is 9.03. The average molecular weight is 368 g/mol. The molecule has 144 valence electrons. The van der Waals surface area contributed by atoms with Gasteiger partial charge in [-0.2, -0.15) is 5.10 Å². The molecular weight excluding hydrogens is 340 g/mol. The van der Waals surface area contributed by atoms with Gasteiger partial charge in [-0.3, -0.25) is 10.2 Å². The number of para-hydroxylation sites is 1. The lowest BCUT2D eigenvalue weighted by Crippen LogP contribution is -2.36. The van der Waals surface area contributed by atoms with Crippen LogP contribution < -0.4 is 15.5 Å². The molecule has 27 heavy (non-hydrogen) atoms. The van der Waals surface area contributed by atoms with E-state index in [1.807, 2.05) is 87.4 Å². The van der Waals surface area contributed by atoms with E-state index in [0.717, 1.165) is 22.8 Å². The first-order chi connectivity index (χ1) is 13.0. The first kappa shape index (κ1) is 20.5. The zero-order valence-corrected chi connectivity index (χ0v) is 16.4. The predicted octanol–water partition coefficient (Wildman–Crippen LogP) is 3.69. The minimum Gasteiger partial charge on any atom is -0.494 e. The second kappa shape index (κ2) is 10.3. The molecule has 0 unspecified atom stereocenters. The van der Waals surface area contributed by atoms with E-state index >= 15 is 0 Å². The van der Waals surface area contributed by atoms with Gasteiger partial charge in [0.05, 0.1) is 18.2 Å². The summed E-state index contributed by atoms with van der Waals surface area (Å²) in [7, 11) is 3.88. The third-order valence-corrected chi connectivity index (χ3v) is 3.94. The number of carbonyl (C=O) groups is 1. The lowest BCUT2D eigenvalue weighted by molar-refractivity contribution is -0.118. The third-order valence-electron chi connectivity index (χ3n) is 3.94. The predicted molar refractivity (Wildman–Crippen MR) is 111 cm³/mol. The number of anilines is 2. The molecule has 2 aromatic carbocycles. The van der Waals surface area contributed by atoms with E-state index < -0.39 is 0 Å². The van der Waals surface area contributed by atoms with Crippen molar-refractivity contribution in [2.45, 2.75) is 13.8 Å². The zero-order valence-electron chi connectivity index (χ0n) is 16.4. The van der Waals surface area contributed by atoms with Crippen molar-refractivity contribution in [1.82, 2.24) is 4.90 Å². The Kier molecular flexibility index (Phi) is 7.82. The van der Waals surface area contributed by atoms with Gasteiger partial charge in [-0.1, -0.05) is 18.2 Å². The fraction of sp³-hybridized carbons (Fsp3) is 0.333. The van der Waals surface area contributed by atoms with E-state index in [1.165, 1.54) is 0 Å². The molecule has 0 aliphatic heterocycles. The Bertz CT molecular complexity index is 743. The zero-order chi connectivity index (χ0) is 19.6. The molecule has 0 spiro atoms. The third kappa shape index (κ3) is 6.75. The molecule has 1 amide bonds. The number of amides is 1. The highest BCUT2D eigenvalue weighted by Gasteiger charge is 2.23. The maximum atomic E-state index is 12.8. The van der Waals surface area contributed by atoms with Gasteiger partial charge in [-0.25, -0.2) is 0 Å². The standard InChI is InChI=1S/C21H28N4O2/c1-5-27-19-13-11-17(12-14-19)22-21(26)20(15-25(3)4)16(2)23-24-18-9-7-6-8-10-18/h6-14,20,24H,5,15H2,1-4H3,(H,22,26)/b23-16-/t20-/m0/s1. The fourth-order valence-electron chi connectivity index (χ4n) is 2.54. The molecule has 1 atom stereocenters. The van der Waals surface area contributed by atoms with E-state index in [2.05, 4.69) is 15.8 Å². The maximum absolute atomic E-state index is 12.8. The number of hydrogen-bond acceptors (Lipinski definition) is 5. The molecule has 6 nitrogen and oxygen atoms in total. The average Bonchev–Trinajstić information content (AvgIpc) is 2.66. The Hall–Kier alpha value is -2.86. The van der Waals surface area contributed by atoms with Crippen LogP contribution >= 0.6 is 0 Å². The summed E-state index contributed by atoms with van der Waals surface area (Å²) >= 11 is 0. The molecule has 0 bridgehead atoms. The van der Waals surface area contributed by atoms with Gasteiger partial charge in [0.1, 0.15) is 5.75 Å². The molecule has 2 N–H and O–H groups in total. The van der Waals surface area contributed by atoms with Gasteiger partial charge in [0.15, 0.2) is 0 Å². The number of carbonyl (C=O) groups excluding carboxylic acids is 1. The van der Waals surface area contributed by atoms with Crippen molar-refractivity contribution in [1.29, 1.82) is 0 Å². The molecule has 0 saturated carbocycles. The largest absolute Gasteiger partial charge is 0.494 e. The maximum Gasteiger partial charge on any atom is 0.234 e. The second-order valence-corrected chi connectivity index (χ2v) is 6.49. The number of hydrogen-bond donors (Lipinski definition) is 2. The summed E-state index contributed by atoms with van der Waals surface area (Å²) in [6.45, 7) is 4.98. The van der Waals surface area contributed by atoms with Gasteiger partial charge in [0.2, 0.25) is 5.91 Å². The molecular formula is C21H28N4O2. The number of benzene rings is 2. The Labute approximate surface area is 161 Å². The van der Waals surface area contributed by atoms with Gasteiger partial charge in [-0.15, -0.1) is 0 Å². The summed E-state index contributed by atoms with van der Waals surface area (Å²) in [5, 5.41) is 7.37. The molecule has 0 aliphatic rings. The summed E-state index contributed by atoms with van der Waals surface area (Å²) in [5.41, 5.74) is 5.34. The van der Waals surface area contributed by atoms with Crippen LogP contribution in [0.3, 0.4) is 0 Å². The van der Waals surface area contributed by atoms with Crippen molar-refractivity contribution < 1.29 is 9.53 Å². The van der Waals surface area contributed by atoms with Crippen molar-refractivity contribution in [3.63, 3.8) is 0 Å². The van der Waals surface area contributed by atoms with E-state index in [1.54, 1.807) is 0 Å². The van der Waals surface area contributed by atoms with E-state index in [4.69, 9.17) is 4.74 Å². The molecule has 0 heterocycles. The van der Waals surface area contributed by atoms with Crippen LogP contribution in [0.5, 0.6) is 5.75 Å². The molecule has 0 radical (unpaired) electrons. The molecule has 2 aromatic rings. The number of hydrazone groups is 1. The fourth-order valence-corrected chi connectivity index (χ4v) is 2.54. The minimum absolute atomic E-state index is 0.0935. The lowest BCUT2D eigenvalue weighted by atomic mass is 10.0. The van der Waals surface area contributed by atoms with Crippen LogP contribution in [0.15, 0.2) is 59.7 Å². The van der Waals surface area contributed by atoms with Gasteiger partial charge < -0.3 is 15.0 Å². The van der Waals surface area contributed by atoms with E-state index in [9.17, 15) is 4.79 Å². The molecule has 2 rings (SSSR count). The Morgan fingerprint density at radius 2 is 1.74 bits per heavy atom. The van der Waals surface area contributed by atoms with E-state index in [0.29, 0.717) is 13.2 Å². The van der Waals surface area contributed by atoms with Gasteiger partial charge in [-0.05, 0) is 64.3 Å². The van der Waals surface area contributed by atoms with E-state index in [-0.39, 0.29) is 11.8 Å². The summed E-state index contributed by atoms with van der Waals surface area (Å²) in [4.78, 5) is 14.8. The van der Waals surface area contributed by atoms with Crippen molar-refractivity contribution in [2.75, 3.05) is 38.0 Å². The first-order valence-electron chi connectivity index (χ1n) is 9.03. The van der Waals surface area contributed by atoms with Gasteiger partial charge in [0, 0.05) is 17.9 Å². The van der Waals surface area contributed by atoms with Crippen LogP contribution in [0.2, 0.25) is 0 Å². The van der Waals surface area contributed by atoms with Gasteiger partial charge >= 0.3 is 0 Å². The minimum atomic E-state index is -0.372. The molecule has 0 saturated heterocycles. The Morgan fingerprint density at radius 3 is 2.33 bits per heavy atom. The van der Waals surface area contributed by atoms with Gasteiger partial charge in [0.25, 0.3) is 0 Å². The second-order valence-electron chi connectivity index (χ2n) is 6.49. The number of nitrogens with zero attached hydrogens (tertiary/aromatic N) is 2. The molecule has 0 aliphatic carbocycles. The highest BCUT2D eigenvalue weighted by atomic mass is 16.5. The monoisotopic (exact) mass is 368 g/mol. The number of nitrogens with one attached hydrogen (secondary N) is 2. The topological polar surface area (TPSA) is 66.0 Å². The smallest absolute Gasteiger partial charge is 0.234 e. The normalized spacial score (nSPS) is 12.6. The highest BCUT2D eigenvalue weighted by Crippen LogP contribution is 2.17. The van der Waals surface area contributed by atoms with Crippen molar-refractivity contribution >= 4 is 23.0 Å².